The van der Waals surface area contributed by atoms with Crippen molar-refractivity contribution in [3.63, 3.8) is 0 Å². The van der Waals surface area contributed by atoms with E-state index in [1.807, 2.05) is 30.3 Å². The maximum absolute atomic E-state index is 14.3. The summed E-state index contributed by atoms with van der Waals surface area (Å²) in [6, 6.07) is 18.7. The van der Waals surface area contributed by atoms with Crippen LogP contribution < -0.4 is 0 Å². The van der Waals surface area contributed by atoms with E-state index >= 15 is 0 Å². The third-order valence-corrected chi connectivity index (χ3v) is 6.67. The first kappa shape index (κ1) is 23.8. The summed E-state index contributed by atoms with van der Waals surface area (Å²) in [4.78, 5) is 27.4. The second-order valence-corrected chi connectivity index (χ2v) is 8.78. The maximum Gasteiger partial charge on any atom is 0.425 e. The van der Waals surface area contributed by atoms with Crippen LogP contribution in [0.5, 0.6) is 0 Å². The van der Waals surface area contributed by atoms with Gasteiger partial charge in [0.1, 0.15) is 6.61 Å². The molecule has 8 heteroatoms. The average Bonchev–Trinajstić information content (AvgIpc) is 2.90. The lowest BCUT2D eigenvalue weighted by Crippen LogP contribution is -2.48. The largest absolute Gasteiger partial charge is 0.445 e. The summed E-state index contributed by atoms with van der Waals surface area (Å²) in [5, 5.41) is 11.1. The van der Waals surface area contributed by atoms with Crippen molar-refractivity contribution in [1.29, 1.82) is 0 Å². The highest BCUT2D eigenvalue weighted by Gasteiger charge is 2.60. The van der Waals surface area contributed by atoms with E-state index in [2.05, 4.69) is 0 Å². The minimum atomic E-state index is -5.04. The Morgan fingerprint density at radius 1 is 0.944 bits per heavy atom. The van der Waals surface area contributed by atoms with E-state index in [4.69, 9.17) is 4.74 Å². The van der Waals surface area contributed by atoms with Crippen LogP contribution in [0.25, 0.3) is 5.57 Å². The van der Waals surface area contributed by atoms with Crippen molar-refractivity contribution in [3.05, 3.63) is 112 Å². The summed E-state index contributed by atoms with van der Waals surface area (Å²) in [7, 11) is 0. The molecule has 0 saturated carbocycles. The molecule has 0 spiro atoms. The van der Waals surface area contributed by atoms with E-state index in [0.29, 0.717) is 17.6 Å². The Hall–Kier alpha value is -3.91. The lowest BCUT2D eigenvalue weighted by Gasteiger charge is -2.38. The summed E-state index contributed by atoms with van der Waals surface area (Å²) in [5.41, 5.74) is -2.80. The smallest absolute Gasteiger partial charge is 0.425 e. The van der Waals surface area contributed by atoms with Crippen LogP contribution in [0.4, 0.5) is 18.0 Å². The molecule has 2 aliphatic rings. The number of hydrogen-bond acceptors (Lipinski definition) is 4. The van der Waals surface area contributed by atoms with Crippen LogP contribution in [0.3, 0.4) is 0 Å². The SMILES string of the molecule is O=C1c2ccccc2C(O)(C(F)(F)F)c2cccc(C3=CCN(C(=O)OCc4ccccc4)CC3)c21. The number of aliphatic hydroxyl groups is 1. The van der Waals surface area contributed by atoms with Crippen LogP contribution in [0, 0.1) is 0 Å². The molecule has 1 amide bonds. The molecule has 5 nitrogen and oxygen atoms in total. The molecule has 1 heterocycles. The van der Waals surface area contributed by atoms with E-state index in [9.17, 15) is 27.9 Å². The number of rotatable bonds is 3. The number of halogens is 3. The topological polar surface area (TPSA) is 66.8 Å². The van der Waals surface area contributed by atoms with Gasteiger partial charge < -0.3 is 14.7 Å². The molecule has 3 aromatic rings. The van der Waals surface area contributed by atoms with Crippen LogP contribution >= 0.6 is 0 Å². The molecule has 1 atom stereocenters. The number of alkyl halides is 3. The van der Waals surface area contributed by atoms with E-state index < -0.39 is 34.8 Å². The number of fused-ring (bicyclic) bond motifs is 2. The molecule has 1 aliphatic heterocycles. The van der Waals surface area contributed by atoms with Crippen LogP contribution in [-0.2, 0) is 16.9 Å². The Balaban J connectivity index is 1.45. The normalized spacial score (nSPS) is 19.3. The van der Waals surface area contributed by atoms with Gasteiger partial charge >= 0.3 is 12.3 Å². The van der Waals surface area contributed by atoms with Crippen LogP contribution in [0.15, 0.2) is 78.9 Å². The number of hydrogen-bond donors (Lipinski definition) is 1. The molecule has 1 aliphatic carbocycles. The molecule has 0 aromatic heterocycles. The van der Waals surface area contributed by atoms with E-state index in [0.717, 1.165) is 17.7 Å². The van der Waals surface area contributed by atoms with Crippen molar-refractivity contribution in [2.75, 3.05) is 13.1 Å². The van der Waals surface area contributed by atoms with Gasteiger partial charge in [-0.2, -0.15) is 13.2 Å². The van der Waals surface area contributed by atoms with Gasteiger partial charge in [0.25, 0.3) is 0 Å². The molecule has 5 rings (SSSR count). The number of nitrogens with zero attached hydrogens (tertiary/aromatic N) is 1. The molecule has 184 valence electrons. The molecule has 0 bridgehead atoms. The fourth-order valence-electron chi connectivity index (χ4n) is 4.84. The van der Waals surface area contributed by atoms with Gasteiger partial charge in [0.2, 0.25) is 5.60 Å². The highest BCUT2D eigenvalue weighted by molar-refractivity contribution is 6.15. The zero-order valence-electron chi connectivity index (χ0n) is 19.1. The van der Waals surface area contributed by atoms with Crippen molar-refractivity contribution in [2.45, 2.75) is 24.8 Å². The van der Waals surface area contributed by atoms with Crippen molar-refractivity contribution in [2.24, 2.45) is 0 Å². The first-order valence-electron chi connectivity index (χ1n) is 11.4. The first-order chi connectivity index (χ1) is 17.2. The first-order valence-corrected chi connectivity index (χ1v) is 11.4. The fourth-order valence-corrected chi connectivity index (χ4v) is 4.84. The monoisotopic (exact) mass is 493 g/mol. The number of carbonyl (C=O) groups excluding carboxylic acids is 2. The lowest BCUT2D eigenvalue weighted by atomic mass is 9.71. The second-order valence-electron chi connectivity index (χ2n) is 8.78. The Morgan fingerprint density at radius 3 is 2.31 bits per heavy atom. The summed E-state index contributed by atoms with van der Waals surface area (Å²) >= 11 is 0. The average molecular weight is 493 g/mol. The zero-order valence-corrected chi connectivity index (χ0v) is 19.1. The summed E-state index contributed by atoms with van der Waals surface area (Å²) in [5.74, 6) is -0.573. The van der Waals surface area contributed by atoms with E-state index in [1.165, 1.54) is 29.2 Å². The van der Waals surface area contributed by atoms with Crippen LogP contribution in [0.2, 0.25) is 0 Å². The molecule has 3 aromatic carbocycles. The fraction of sp³-hybridized carbons (Fsp3) is 0.214. The minimum absolute atomic E-state index is 0.128. The van der Waals surface area contributed by atoms with Gasteiger partial charge in [-0.05, 0) is 23.1 Å². The van der Waals surface area contributed by atoms with Gasteiger partial charge in [-0.1, -0.05) is 78.9 Å². The lowest BCUT2D eigenvalue weighted by molar-refractivity contribution is -0.248. The molecule has 1 unspecified atom stereocenters. The van der Waals surface area contributed by atoms with Gasteiger partial charge in [0, 0.05) is 35.3 Å². The third kappa shape index (κ3) is 3.87. The van der Waals surface area contributed by atoms with Crippen molar-refractivity contribution in [3.8, 4) is 0 Å². The van der Waals surface area contributed by atoms with Gasteiger partial charge in [-0.15, -0.1) is 0 Å². The molecular formula is C28H22F3NO4. The third-order valence-electron chi connectivity index (χ3n) is 6.67. The summed E-state index contributed by atoms with van der Waals surface area (Å²) < 4.78 is 48.2. The molecule has 36 heavy (non-hydrogen) atoms. The predicted octanol–water partition coefficient (Wildman–Crippen LogP) is 5.46. The van der Waals surface area contributed by atoms with Crippen molar-refractivity contribution >= 4 is 17.4 Å². The molecular weight excluding hydrogens is 471 g/mol. The van der Waals surface area contributed by atoms with Crippen molar-refractivity contribution in [1.82, 2.24) is 4.90 Å². The molecule has 1 N–H and O–H groups in total. The van der Waals surface area contributed by atoms with Gasteiger partial charge in [0.15, 0.2) is 5.78 Å². The zero-order chi connectivity index (χ0) is 25.5. The Morgan fingerprint density at radius 2 is 1.61 bits per heavy atom. The second kappa shape index (κ2) is 8.95. The van der Waals surface area contributed by atoms with Crippen LogP contribution in [0.1, 0.15) is 44.6 Å². The quantitative estimate of drug-likeness (QED) is 0.527. The standard InChI is InChI=1S/C28H22F3NO4/c29-28(30,31)27(35)22-11-5-4-9-21(22)25(33)24-20(10-6-12-23(24)27)19-13-15-32(16-14-19)26(34)36-17-18-7-2-1-3-8-18/h1-13,35H,14-17H2. The number of benzene rings is 3. The Bertz CT molecular complexity index is 1370. The number of carbonyl (C=O) groups is 2. The number of ketones is 1. The minimum Gasteiger partial charge on any atom is -0.445 e. The summed E-state index contributed by atoms with van der Waals surface area (Å²) in [6.07, 6.45) is -3.52. The predicted molar refractivity (Wildman–Crippen MR) is 126 cm³/mol. The molecule has 0 radical (unpaired) electrons. The van der Waals surface area contributed by atoms with Gasteiger partial charge in [-0.25, -0.2) is 4.79 Å². The van der Waals surface area contributed by atoms with E-state index in [-0.39, 0.29) is 30.8 Å². The maximum atomic E-state index is 14.3. The van der Waals surface area contributed by atoms with Gasteiger partial charge in [-0.3, -0.25) is 4.79 Å². The van der Waals surface area contributed by atoms with E-state index in [1.54, 1.807) is 12.1 Å². The Kier molecular flexibility index (Phi) is 5.92. The molecule has 0 fully saturated rings. The van der Waals surface area contributed by atoms with Gasteiger partial charge in [0.05, 0.1) is 0 Å². The molecule has 0 saturated heterocycles. The number of ether oxygens (including phenoxy) is 1. The van der Waals surface area contributed by atoms with Crippen molar-refractivity contribution < 1.29 is 32.6 Å². The highest BCUT2D eigenvalue weighted by Crippen LogP contribution is 2.51. The number of amides is 1. The van der Waals surface area contributed by atoms with Crippen LogP contribution in [-0.4, -0.2) is 41.1 Å². The highest BCUT2D eigenvalue weighted by atomic mass is 19.4. The summed E-state index contributed by atoms with van der Waals surface area (Å²) in [6.45, 7) is 0.585. The Labute approximate surface area is 205 Å².